The summed E-state index contributed by atoms with van der Waals surface area (Å²) in [4.78, 5) is 25.2. The van der Waals surface area contributed by atoms with Gasteiger partial charge in [0.2, 0.25) is 0 Å². The van der Waals surface area contributed by atoms with E-state index in [1.165, 1.54) is 4.90 Å². The van der Waals surface area contributed by atoms with E-state index in [1.54, 1.807) is 13.8 Å². The zero-order valence-electron chi connectivity index (χ0n) is 12.4. The second kappa shape index (κ2) is 4.90. The van der Waals surface area contributed by atoms with Crippen molar-refractivity contribution in [2.24, 2.45) is 5.73 Å². The summed E-state index contributed by atoms with van der Waals surface area (Å²) in [6, 6.07) is 5.27. The highest BCUT2D eigenvalue weighted by Gasteiger charge is 2.44. The summed E-state index contributed by atoms with van der Waals surface area (Å²) in [7, 11) is 0. The van der Waals surface area contributed by atoms with E-state index in [2.05, 4.69) is 5.32 Å². The number of aryl methyl sites for hydroxylation is 2. The topological polar surface area (TPSA) is 75.4 Å². The third-order valence-electron chi connectivity index (χ3n) is 3.66. The van der Waals surface area contributed by atoms with E-state index >= 15 is 0 Å². The molecule has 1 aliphatic rings. The molecule has 0 saturated carbocycles. The Kier molecular flexibility index (Phi) is 3.56. The fourth-order valence-electron chi connectivity index (χ4n) is 2.44. The second-order valence-electron chi connectivity index (χ2n) is 5.94. The summed E-state index contributed by atoms with van der Waals surface area (Å²) in [6.45, 7) is 7.54. The molecule has 1 fully saturated rings. The molecule has 0 aliphatic carbocycles. The predicted molar refractivity (Wildman–Crippen MR) is 77.2 cm³/mol. The zero-order chi connectivity index (χ0) is 15.1. The Morgan fingerprint density at radius 1 is 1.30 bits per heavy atom. The molecule has 1 aromatic rings. The number of amides is 3. The maximum absolute atomic E-state index is 12.1. The summed E-state index contributed by atoms with van der Waals surface area (Å²) < 4.78 is 0. The third kappa shape index (κ3) is 2.54. The molecule has 1 aromatic carbocycles. The van der Waals surface area contributed by atoms with Gasteiger partial charge in [0, 0.05) is 12.6 Å². The number of urea groups is 1. The molecule has 3 N–H and O–H groups in total. The highest BCUT2D eigenvalue weighted by molar-refractivity contribution is 6.06. The summed E-state index contributed by atoms with van der Waals surface area (Å²) in [5, 5.41) is 2.66. The number of hydrogen-bond acceptors (Lipinski definition) is 3. The first-order valence-electron chi connectivity index (χ1n) is 6.69. The molecule has 1 saturated heterocycles. The van der Waals surface area contributed by atoms with Gasteiger partial charge in [0.05, 0.1) is 0 Å². The van der Waals surface area contributed by atoms with Crippen molar-refractivity contribution in [3.63, 3.8) is 0 Å². The Bertz CT molecular complexity index is 566. The average Bonchev–Trinajstić information content (AvgIpc) is 2.54. The lowest BCUT2D eigenvalue weighted by molar-refractivity contribution is -0.130. The zero-order valence-corrected chi connectivity index (χ0v) is 12.4. The van der Waals surface area contributed by atoms with Crippen LogP contribution in [0.4, 0.5) is 4.79 Å². The molecule has 5 nitrogen and oxygen atoms in total. The minimum atomic E-state index is -0.849. The van der Waals surface area contributed by atoms with Crippen LogP contribution in [0.15, 0.2) is 18.2 Å². The van der Waals surface area contributed by atoms with Crippen LogP contribution in [0.2, 0.25) is 0 Å². The lowest BCUT2D eigenvalue weighted by Gasteiger charge is -2.21. The Hall–Kier alpha value is -1.88. The molecule has 0 aromatic heterocycles. The van der Waals surface area contributed by atoms with Gasteiger partial charge in [-0.1, -0.05) is 23.8 Å². The molecule has 1 heterocycles. The Morgan fingerprint density at radius 2 is 1.95 bits per heavy atom. The highest BCUT2D eigenvalue weighted by Crippen LogP contribution is 2.22. The van der Waals surface area contributed by atoms with E-state index in [9.17, 15) is 9.59 Å². The van der Waals surface area contributed by atoms with E-state index in [0.717, 1.165) is 16.7 Å². The minimum Gasteiger partial charge on any atom is -0.324 e. The first-order chi connectivity index (χ1) is 9.22. The monoisotopic (exact) mass is 275 g/mol. The Labute approximate surface area is 119 Å². The van der Waals surface area contributed by atoms with E-state index in [1.807, 2.05) is 32.0 Å². The van der Waals surface area contributed by atoms with Crippen LogP contribution in [0.25, 0.3) is 0 Å². The van der Waals surface area contributed by atoms with Crippen LogP contribution in [-0.4, -0.2) is 28.9 Å². The molecule has 0 spiro atoms. The lowest BCUT2D eigenvalue weighted by atomic mass is 9.99. The number of nitrogens with zero attached hydrogens (tertiary/aromatic N) is 1. The summed E-state index contributed by atoms with van der Waals surface area (Å²) >= 11 is 0. The van der Waals surface area contributed by atoms with Gasteiger partial charge in [-0.05, 0) is 38.8 Å². The molecular formula is C15H21N3O2. The van der Waals surface area contributed by atoms with Crippen molar-refractivity contribution >= 4 is 11.9 Å². The van der Waals surface area contributed by atoms with Crippen LogP contribution in [0.1, 0.15) is 36.6 Å². The van der Waals surface area contributed by atoms with Crippen LogP contribution in [0, 0.1) is 13.8 Å². The largest absolute Gasteiger partial charge is 0.325 e. The second-order valence-corrected chi connectivity index (χ2v) is 5.94. The number of carbonyl (C=O) groups excluding carboxylic acids is 2. The molecule has 108 valence electrons. The van der Waals surface area contributed by atoms with Gasteiger partial charge in [-0.2, -0.15) is 0 Å². The van der Waals surface area contributed by atoms with E-state index in [4.69, 9.17) is 5.73 Å². The maximum Gasteiger partial charge on any atom is 0.325 e. The molecule has 1 unspecified atom stereocenters. The van der Waals surface area contributed by atoms with Crippen molar-refractivity contribution in [1.29, 1.82) is 0 Å². The summed E-state index contributed by atoms with van der Waals surface area (Å²) in [6.07, 6.45) is 0. The van der Waals surface area contributed by atoms with Crippen LogP contribution in [-0.2, 0) is 4.79 Å². The van der Waals surface area contributed by atoms with E-state index < -0.39 is 5.54 Å². The van der Waals surface area contributed by atoms with Crippen molar-refractivity contribution in [3.05, 3.63) is 34.9 Å². The molecule has 0 radical (unpaired) electrons. The number of nitrogens with two attached hydrogens (primary N) is 1. The van der Waals surface area contributed by atoms with Crippen molar-refractivity contribution in [1.82, 2.24) is 10.2 Å². The van der Waals surface area contributed by atoms with Gasteiger partial charge in [0.15, 0.2) is 0 Å². The first-order valence-corrected chi connectivity index (χ1v) is 6.69. The van der Waals surface area contributed by atoms with Crippen LogP contribution < -0.4 is 11.1 Å². The fourth-order valence-corrected chi connectivity index (χ4v) is 2.44. The number of carbonyl (C=O) groups is 2. The van der Waals surface area contributed by atoms with E-state index in [0.29, 0.717) is 0 Å². The van der Waals surface area contributed by atoms with Gasteiger partial charge in [-0.15, -0.1) is 0 Å². The number of nitrogens with one attached hydrogen (secondary N) is 1. The Morgan fingerprint density at radius 3 is 2.50 bits per heavy atom. The normalized spacial score (nSPS) is 19.1. The molecule has 0 bridgehead atoms. The van der Waals surface area contributed by atoms with Gasteiger partial charge >= 0.3 is 6.03 Å². The number of imide groups is 1. The van der Waals surface area contributed by atoms with Gasteiger partial charge < -0.3 is 11.1 Å². The maximum atomic E-state index is 12.1. The molecule has 3 amide bonds. The van der Waals surface area contributed by atoms with Crippen molar-refractivity contribution in [2.45, 2.75) is 39.3 Å². The van der Waals surface area contributed by atoms with E-state index in [-0.39, 0.29) is 24.5 Å². The Balaban J connectivity index is 2.20. The van der Waals surface area contributed by atoms with Crippen molar-refractivity contribution in [3.8, 4) is 0 Å². The summed E-state index contributed by atoms with van der Waals surface area (Å²) in [5.41, 5.74) is 8.48. The molecular weight excluding hydrogens is 254 g/mol. The standard InChI is InChI=1S/C15H21N3O2/c1-9-5-6-10(2)11(7-9)12(16)8-18-13(19)15(3,4)17-14(18)20/h5-7,12H,8,16H2,1-4H3,(H,17,20). The molecule has 5 heteroatoms. The van der Waals surface area contributed by atoms with Crippen LogP contribution >= 0.6 is 0 Å². The molecule has 2 rings (SSSR count). The van der Waals surface area contributed by atoms with Crippen molar-refractivity contribution < 1.29 is 9.59 Å². The minimum absolute atomic E-state index is 0.193. The number of rotatable bonds is 3. The highest BCUT2D eigenvalue weighted by atomic mass is 16.2. The first kappa shape index (κ1) is 14.5. The van der Waals surface area contributed by atoms with Crippen LogP contribution in [0.5, 0.6) is 0 Å². The third-order valence-corrected chi connectivity index (χ3v) is 3.66. The SMILES string of the molecule is Cc1ccc(C)c(C(N)CN2C(=O)NC(C)(C)C2=O)c1. The van der Waals surface area contributed by atoms with Gasteiger partial charge in [-0.3, -0.25) is 9.69 Å². The molecule has 1 atom stereocenters. The van der Waals surface area contributed by atoms with Crippen LogP contribution in [0.3, 0.4) is 0 Å². The lowest BCUT2D eigenvalue weighted by Crippen LogP contribution is -2.41. The number of benzene rings is 1. The molecule has 20 heavy (non-hydrogen) atoms. The molecule has 1 aliphatic heterocycles. The average molecular weight is 275 g/mol. The van der Waals surface area contributed by atoms with Crippen molar-refractivity contribution in [2.75, 3.05) is 6.54 Å². The number of hydrogen-bond donors (Lipinski definition) is 2. The predicted octanol–water partition coefficient (Wildman–Crippen LogP) is 1.63. The smallest absolute Gasteiger partial charge is 0.324 e. The van der Waals surface area contributed by atoms with Gasteiger partial charge in [0.25, 0.3) is 5.91 Å². The van der Waals surface area contributed by atoms with Gasteiger partial charge in [0.1, 0.15) is 5.54 Å². The fraction of sp³-hybridized carbons (Fsp3) is 0.467. The quantitative estimate of drug-likeness (QED) is 0.823. The summed E-state index contributed by atoms with van der Waals surface area (Å²) in [5.74, 6) is -0.233. The van der Waals surface area contributed by atoms with Gasteiger partial charge in [-0.25, -0.2) is 4.79 Å².